The molecular weight excluding hydrogens is 384 g/mol. The lowest BCUT2D eigenvalue weighted by molar-refractivity contribution is 0.0814. The van der Waals surface area contributed by atoms with Crippen LogP contribution in [0.3, 0.4) is 0 Å². The van der Waals surface area contributed by atoms with Crippen LogP contribution in [0.5, 0.6) is 5.75 Å². The van der Waals surface area contributed by atoms with Gasteiger partial charge in [0.2, 0.25) is 0 Å². The van der Waals surface area contributed by atoms with Crippen LogP contribution < -0.4 is 5.32 Å². The van der Waals surface area contributed by atoms with Crippen LogP contribution in [0.1, 0.15) is 30.9 Å². The molecule has 5 heteroatoms. The third kappa shape index (κ3) is 2.78. The zero-order valence-electron chi connectivity index (χ0n) is 11.4. The number of piperazine rings is 1. The lowest BCUT2D eigenvalue weighted by Gasteiger charge is -2.43. The second kappa shape index (κ2) is 6.34. The zero-order valence-corrected chi connectivity index (χ0v) is 14.6. The minimum atomic E-state index is 0.331. The summed E-state index contributed by atoms with van der Waals surface area (Å²) in [4.78, 5) is 2.53. The van der Waals surface area contributed by atoms with Crippen molar-refractivity contribution in [2.24, 2.45) is 5.92 Å². The number of hydrogen-bond donors (Lipinski definition) is 2. The Kier molecular flexibility index (Phi) is 4.70. The number of aromatic hydroxyl groups is 1. The maximum atomic E-state index is 10.5. The number of rotatable bonds is 3. The molecule has 0 amide bonds. The number of phenols is 1. The molecule has 1 aliphatic carbocycles. The van der Waals surface area contributed by atoms with Crippen molar-refractivity contribution in [1.29, 1.82) is 0 Å². The van der Waals surface area contributed by atoms with E-state index in [1.807, 2.05) is 12.1 Å². The molecule has 1 aromatic rings. The van der Waals surface area contributed by atoms with E-state index in [9.17, 15) is 5.11 Å². The van der Waals surface area contributed by atoms with Crippen LogP contribution >= 0.6 is 31.9 Å². The monoisotopic (exact) mass is 402 g/mol. The summed E-state index contributed by atoms with van der Waals surface area (Å²) in [5.41, 5.74) is 1.06. The third-order valence-electron chi connectivity index (χ3n) is 4.55. The highest BCUT2D eigenvalue weighted by Gasteiger charge is 2.36. The van der Waals surface area contributed by atoms with Crippen molar-refractivity contribution in [3.63, 3.8) is 0 Å². The summed E-state index contributed by atoms with van der Waals surface area (Å²) >= 11 is 7.11. The molecule has 0 radical (unpaired) electrons. The fourth-order valence-electron chi connectivity index (χ4n) is 3.27. The summed E-state index contributed by atoms with van der Waals surface area (Å²) in [6.45, 7) is 4.18. The fraction of sp³-hybridized carbons (Fsp3) is 0.600. The molecule has 2 N–H and O–H groups in total. The van der Waals surface area contributed by atoms with Gasteiger partial charge < -0.3 is 10.4 Å². The van der Waals surface area contributed by atoms with E-state index in [1.165, 1.54) is 19.3 Å². The van der Waals surface area contributed by atoms with E-state index < -0.39 is 0 Å². The van der Waals surface area contributed by atoms with E-state index >= 15 is 0 Å². The first-order valence-corrected chi connectivity index (χ1v) is 8.88. The van der Waals surface area contributed by atoms with Gasteiger partial charge in [0.05, 0.1) is 4.47 Å². The number of benzene rings is 1. The molecule has 1 aliphatic heterocycles. The van der Waals surface area contributed by atoms with Crippen molar-refractivity contribution in [2.75, 3.05) is 26.2 Å². The molecule has 0 unspecified atom stereocenters. The first-order chi connectivity index (χ1) is 9.68. The van der Waals surface area contributed by atoms with Crippen molar-refractivity contribution in [3.8, 4) is 5.75 Å². The Morgan fingerprint density at radius 1 is 1.15 bits per heavy atom. The molecule has 0 aromatic heterocycles. The van der Waals surface area contributed by atoms with Gasteiger partial charge in [-0.15, -0.1) is 0 Å². The molecule has 1 aromatic carbocycles. The van der Waals surface area contributed by atoms with E-state index in [1.54, 1.807) is 0 Å². The van der Waals surface area contributed by atoms with Crippen molar-refractivity contribution < 1.29 is 5.11 Å². The van der Waals surface area contributed by atoms with Crippen molar-refractivity contribution in [3.05, 3.63) is 26.6 Å². The Morgan fingerprint density at radius 2 is 1.80 bits per heavy atom. The molecule has 3 rings (SSSR count). The number of halogens is 2. The Labute approximate surface area is 137 Å². The standard InChI is InChI=1S/C15H20Br2N2O/c16-11-4-5-12(17)15(20)13(11)14(10-2-1-3-10)19-8-6-18-7-9-19/h4-5,10,14,18,20H,1-3,6-9H2/t14-/m0/s1. The molecule has 1 saturated heterocycles. The maximum absolute atomic E-state index is 10.5. The van der Waals surface area contributed by atoms with E-state index in [4.69, 9.17) is 0 Å². The highest BCUT2D eigenvalue weighted by Crippen LogP contribution is 2.48. The minimum absolute atomic E-state index is 0.331. The normalized spacial score (nSPS) is 22.5. The smallest absolute Gasteiger partial charge is 0.135 e. The molecule has 0 bridgehead atoms. The summed E-state index contributed by atoms with van der Waals surface area (Å²) in [6, 6.07) is 4.27. The van der Waals surface area contributed by atoms with Gasteiger partial charge in [0, 0.05) is 42.3 Å². The molecule has 1 heterocycles. The Bertz CT molecular complexity index is 485. The Hall–Kier alpha value is -0.100. The van der Waals surface area contributed by atoms with Gasteiger partial charge in [-0.05, 0) is 46.8 Å². The zero-order chi connectivity index (χ0) is 14.1. The molecule has 20 heavy (non-hydrogen) atoms. The Morgan fingerprint density at radius 3 is 2.40 bits per heavy atom. The SMILES string of the molecule is Oc1c(Br)ccc(Br)c1[C@H](C1CCC1)N1CCNCC1. The van der Waals surface area contributed by atoms with Gasteiger partial charge in [0.1, 0.15) is 5.75 Å². The predicted octanol–water partition coefficient (Wildman–Crippen LogP) is 3.66. The van der Waals surface area contributed by atoms with Crippen molar-refractivity contribution in [1.82, 2.24) is 10.2 Å². The van der Waals surface area contributed by atoms with Gasteiger partial charge in [-0.25, -0.2) is 0 Å². The van der Waals surface area contributed by atoms with Gasteiger partial charge in [-0.3, -0.25) is 4.90 Å². The quantitative estimate of drug-likeness (QED) is 0.808. The number of hydrogen-bond acceptors (Lipinski definition) is 3. The van der Waals surface area contributed by atoms with Crippen LogP contribution in [-0.2, 0) is 0 Å². The van der Waals surface area contributed by atoms with Gasteiger partial charge in [-0.2, -0.15) is 0 Å². The lowest BCUT2D eigenvalue weighted by atomic mass is 9.76. The topological polar surface area (TPSA) is 35.5 Å². The first-order valence-electron chi connectivity index (χ1n) is 7.30. The molecule has 110 valence electrons. The van der Waals surface area contributed by atoms with Gasteiger partial charge in [-0.1, -0.05) is 22.4 Å². The highest BCUT2D eigenvalue weighted by molar-refractivity contribution is 9.11. The van der Waals surface area contributed by atoms with Crippen LogP contribution in [0.2, 0.25) is 0 Å². The number of nitrogens with zero attached hydrogens (tertiary/aromatic N) is 1. The average molecular weight is 404 g/mol. The van der Waals surface area contributed by atoms with Crippen LogP contribution in [0.4, 0.5) is 0 Å². The molecule has 3 nitrogen and oxygen atoms in total. The van der Waals surface area contributed by atoms with Crippen molar-refractivity contribution in [2.45, 2.75) is 25.3 Å². The second-order valence-corrected chi connectivity index (χ2v) is 7.42. The first kappa shape index (κ1) is 14.8. The highest BCUT2D eigenvalue weighted by atomic mass is 79.9. The average Bonchev–Trinajstić information content (AvgIpc) is 2.41. The van der Waals surface area contributed by atoms with Crippen LogP contribution in [0.15, 0.2) is 21.1 Å². The largest absolute Gasteiger partial charge is 0.506 e. The van der Waals surface area contributed by atoms with E-state index in [2.05, 4.69) is 42.1 Å². The lowest BCUT2D eigenvalue weighted by Crippen LogP contribution is -2.48. The molecule has 1 atom stereocenters. The van der Waals surface area contributed by atoms with E-state index in [-0.39, 0.29) is 0 Å². The van der Waals surface area contributed by atoms with Crippen LogP contribution in [0, 0.1) is 5.92 Å². The molecule has 2 fully saturated rings. The van der Waals surface area contributed by atoms with E-state index in [0.29, 0.717) is 17.7 Å². The van der Waals surface area contributed by atoms with Gasteiger partial charge in [0.15, 0.2) is 0 Å². The molecular formula is C15H20Br2N2O. The van der Waals surface area contributed by atoms with Gasteiger partial charge >= 0.3 is 0 Å². The number of nitrogens with one attached hydrogen (secondary N) is 1. The summed E-state index contributed by atoms with van der Waals surface area (Å²) in [6.07, 6.45) is 3.86. The number of phenolic OH excluding ortho intramolecular Hbond substituents is 1. The maximum Gasteiger partial charge on any atom is 0.135 e. The van der Waals surface area contributed by atoms with Crippen molar-refractivity contribution >= 4 is 31.9 Å². The molecule has 2 aliphatic rings. The third-order valence-corrected chi connectivity index (χ3v) is 5.88. The van der Waals surface area contributed by atoms with Crippen LogP contribution in [-0.4, -0.2) is 36.2 Å². The Balaban J connectivity index is 1.98. The molecule has 1 saturated carbocycles. The summed E-state index contributed by atoms with van der Waals surface area (Å²) in [5.74, 6) is 1.07. The second-order valence-electron chi connectivity index (χ2n) is 5.71. The summed E-state index contributed by atoms with van der Waals surface area (Å²) < 4.78 is 1.81. The summed E-state index contributed by atoms with van der Waals surface area (Å²) in [7, 11) is 0. The summed E-state index contributed by atoms with van der Waals surface area (Å²) in [5, 5.41) is 13.9. The van der Waals surface area contributed by atoms with Gasteiger partial charge in [0.25, 0.3) is 0 Å². The van der Waals surface area contributed by atoms with E-state index in [0.717, 1.165) is 40.7 Å². The minimum Gasteiger partial charge on any atom is -0.506 e. The van der Waals surface area contributed by atoms with Crippen LogP contribution in [0.25, 0.3) is 0 Å². The predicted molar refractivity (Wildman–Crippen MR) is 88.0 cm³/mol. The molecule has 0 spiro atoms. The fourth-order valence-corrected chi connectivity index (χ4v) is 4.17.